The van der Waals surface area contributed by atoms with Crippen molar-refractivity contribution in [1.29, 1.82) is 0 Å². The first-order valence-corrected chi connectivity index (χ1v) is 6.39. The Kier molecular flexibility index (Phi) is 4.11. The van der Waals surface area contributed by atoms with E-state index < -0.39 is 5.82 Å². The molecule has 0 bridgehead atoms. The first-order valence-electron chi connectivity index (χ1n) is 5.19. The second kappa shape index (κ2) is 5.60. The van der Waals surface area contributed by atoms with E-state index in [1.807, 2.05) is 0 Å². The molecule has 0 fully saturated rings. The van der Waals surface area contributed by atoms with E-state index in [-0.39, 0.29) is 18.0 Å². The first kappa shape index (κ1) is 13.2. The summed E-state index contributed by atoms with van der Waals surface area (Å²) >= 11 is 7.05. The highest BCUT2D eigenvalue weighted by molar-refractivity contribution is 8.02. The molecular formula is C11H11ClFN3OS. The van der Waals surface area contributed by atoms with Gasteiger partial charge in [-0.05, 0) is 31.0 Å². The van der Waals surface area contributed by atoms with E-state index >= 15 is 0 Å². The van der Waals surface area contributed by atoms with Gasteiger partial charge in [-0.2, -0.15) is 4.83 Å². The summed E-state index contributed by atoms with van der Waals surface area (Å²) in [6, 6.07) is 4.42. The summed E-state index contributed by atoms with van der Waals surface area (Å²) in [6.45, 7) is 1.83. The first-order chi connectivity index (χ1) is 8.59. The number of nitrogens with one attached hydrogen (secondary N) is 3. The summed E-state index contributed by atoms with van der Waals surface area (Å²) in [5.74, 6) is -0.696. The van der Waals surface area contributed by atoms with Crippen LogP contribution in [0.2, 0.25) is 5.02 Å². The standard InChI is InChI=1S/C11H11ClFN3OS/c1-6-10(18-16-15-6)11(17)14-5-7-8(12)3-2-4-9(7)13/h2-4,15-16H,5H2,1H3,(H,14,17). The molecule has 0 saturated carbocycles. The van der Waals surface area contributed by atoms with Gasteiger partial charge in [0.2, 0.25) is 0 Å². The zero-order valence-corrected chi connectivity index (χ0v) is 11.1. The number of benzene rings is 1. The second-order valence-corrected chi connectivity index (χ2v) is 4.89. The molecule has 1 heterocycles. The quantitative estimate of drug-likeness (QED) is 0.745. The van der Waals surface area contributed by atoms with Crippen molar-refractivity contribution in [2.24, 2.45) is 0 Å². The van der Waals surface area contributed by atoms with Crippen molar-refractivity contribution >= 4 is 29.5 Å². The number of halogens is 2. The Morgan fingerprint density at radius 2 is 2.33 bits per heavy atom. The number of carbonyl (C=O) groups is 1. The molecule has 0 aliphatic carbocycles. The van der Waals surface area contributed by atoms with E-state index in [4.69, 9.17) is 11.6 Å². The lowest BCUT2D eigenvalue weighted by Crippen LogP contribution is -2.24. The minimum absolute atomic E-state index is 0.0572. The zero-order valence-electron chi connectivity index (χ0n) is 9.51. The van der Waals surface area contributed by atoms with Gasteiger partial charge < -0.3 is 10.7 Å². The maximum Gasteiger partial charge on any atom is 0.261 e. The van der Waals surface area contributed by atoms with Gasteiger partial charge in [-0.15, -0.1) is 0 Å². The molecule has 18 heavy (non-hydrogen) atoms. The van der Waals surface area contributed by atoms with Crippen molar-refractivity contribution in [3.63, 3.8) is 0 Å². The average molecular weight is 288 g/mol. The normalized spacial score (nSPS) is 14.6. The predicted octanol–water partition coefficient (Wildman–Crippen LogP) is 2.08. The van der Waals surface area contributed by atoms with Crippen molar-refractivity contribution in [3.05, 3.63) is 45.2 Å². The summed E-state index contributed by atoms with van der Waals surface area (Å²) in [5, 5.41) is 2.93. The Hall–Kier alpha value is -1.24. The van der Waals surface area contributed by atoms with Crippen molar-refractivity contribution < 1.29 is 9.18 Å². The van der Waals surface area contributed by atoms with Crippen LogP contribution in [-0.4, -0.2) is 5.91 Å². The lowest BCUT2D eigenvalue weighted by Gasteiger charge is -2.08. The Labute approximate surface area is 113 Å². The molecule has 3 N–H and O–H groups in total. The molecule has 1 aliphatic rings. The second-order valence-electron chi connectivity index (χ2n) is 3.67. The van der Waals surface area contributed by atoms with E-state index in [0.717, 1.165) is 5.70 Å². The highest BCUT2D eigenvalue weighted by atomic mass is 35.5. The molecule has 1 aromatic carbocycles. The Morgan fingerprint density at radius 1 is 1.56 bits per heavy atom. The molecule has 96 valence electrons. The monoisotopic (exact) mass is 287 g/mol. The smallest absolute Gasteiger partial charge is 0.261 e. The van der Waals surface area contributed by atoms with E-state index in [0.29, 0.717) is 9.93 Å². The van der Waals surface area contributed by atoms with Gasteiger partial charge in [-0.3, -0.25) is 4.79 Å². The molecule has 4 nitrogen and oxygen atoms in total. The van der Waals surface area contributed by atoms with Gasteiger partial charge in [0.1, 0.15) is 10.7 Å². The summed E-state index contributed by atoms with van der Waals surface area (Å²) < 4.78 is 13.5. The Bertz CT molecular complexity index is 501. The maximum absolute atomic E-state index is 13.5. The number of hydrogen-bond donors (Lipinski definition) is 3. The fourth-order valence-corrected chi connectivity index (χ4v) is 2.36. The van der Waals surface area contributed by atoms with Crippen LogP contribution < -0.4 is 15.6 Å². The third-order valence-corrected chi connectivity index (χ3v) is 3.68. The number of allylic oxidation sites excluding steroid dienone is 1. The number of rotatable bonds is 3. The van der Waals surface area contributed by atoms with Crippen LogP contribution in [0.25, 0.3) is 0 Å². The van der Waals surface area contributed by atoms with Crippen LogP contribution in [0.5, 0.6) is 0 Å². The molecule has 1 amide bonds. The van der Waals surface area contributed by atoms with Gasteiger partial charge in [0, 0.05) is 22.8 Å². The minimum atomic E-state index is -0.427. The van der Waals surface area contributed by atoms with Crippen LogP contribution in [0.15, 0.2) is 28.8 Å². The lowest BCUT2D eigenvalue weighted by molar-refractivity contribution is -0.117. The van der Waals surface area contributed by atoms with Gasteiger partial charge in [0.25, 0.3) is 5.91 Å². The molecule has 0 radical (unpaired) electrons. The molecule has 0 atom stereocenters. The SMILES string of the molecule is CC1=C(C(=O)NCc2c(F)cccc2Cl)SNN1. The number of hydrazine groups is 1. The number of hydrogen-bond acceptors (Lipinski definition) is 4. The molecule has 0 saturated heterocycles. The van der Waals surface area contributed by atoms with Crippen molar-refractivity contribution in [1.82, 2.24) is 15.6 Å². The van der Waals surface area contributed by atoms with Crippen LogP contribution in [0.3, 0.4) is 0 Å². The van der Waals surface area contributed by atoms with Crippen LogP contribution in [-0.2, 0) is 11.3 Å². The van der Waals surface area contributed by atoms with Crippen LogP contribution >= 0.6 is 23.5 Å². The van der Waals surface area contributed by atoms with Crippen molar-refractivity contribution in [3.8, 4) is 0 Å². The zero-order chi connectivity index (χ0) is 13.1. The van der Waals surface area contributed by atoms with Crippen molar-refractivity contribution in [2.45, 2.75) is 13.5 Å². The maximum atomic E-state index is 13.5. The predicted molar refractivity (Wildman–Crippen MR) is 69.8 cm³/mol. The molecule has 7 heteroatoms. The van der Waals surface area contributed by atoms with Crippen molar-refractivity contribution in [2.75, 3.05) is 0 Å². The average Bonchev–Trinajstić information content (AvgIpc) is 2.74. The molecule has 0 spiro atoms. The number of amides is 1. The Balaban J connectivity index is 2.04. The largest absolute Gasteiger partial charge is 0.347 e. The van der Waals surface area contributed by atoms with E-state index in [1.165, 1.54) is 24.1 Å². The molecule has 1 aliphatic heterocycles. The molecule has 1 aromatic rings. The van der Waals surface area contributed by atoms with Gasteiger partial charge in [0.05, 0.1) is 0 Å². The van der Waals surface area contributed by atoms with Crippen LogP contribution in [0.1, 0.15) is 12.5 Å². The lowest BCUT2D eigenvalue weighted by atomic mass is 10.2. The minimum Gasteiger partial charge on any atom is -0.347 e. The van der Waals surface area contributed by atoms with Gasteiger partial charge in [0.15, 0.2) is 0 Å². The highest BCUT2D eigenvalue weighted by Gasteiger charge is 2.19. The summed E-state index contributed by atoms with van der Waals surface area (Å²) in [7, 11) is 0. The fourth-order valence-electron chi connectivity index (χ4n) is 1.45. The summed E-state index contributed by atoms with van der Waals surface area (Å²) in [5.41, 5.74) is 3.82. The molecule has 0 unspecified atom stereocenters. The molecule has 2 rings (SSSR count). The fraction of sp³-hybridized carbons (Fsp3) is 0.182. The third kappa shape index (κ3) is 2.77. The number of carbonyl (C=O) groups excluding carboxylic acids is 1. The summed E-state index contributed by atoms with van der Waals surface area (Å²) in [6.07, 6.45) is 0. The highest BCUT2D eigenvalue weighted by Crippen LogP contribution is 2.21. The summed E-state index contributed by atoms with van der Waals surface area (Å²) in [4.78, 5) is 15.1. The Morgan fingerprint density at radius 3 is 2.94 bits per heavy atom. The van der Waals surface area contributed by atoms with E-state index in [1.54, 1.807) is 13.0 Å². The van der Waals surface area contributed by atoms with Gasteiger partial charge in [-0.1, -0.05) is 17.7 Å². The molecule has 0 aromatic heterocycles. The van der Waals surface area contributed by atoms with Gasteiger partial charge >= 0.3 is 0 Å². The van der Waals surface area contributed by atoms with E-state index in [2.05, 4.69) is 15.6 Å². The van der Waals surface area contributed by atoms with Crippen LogP contribution in [0, 0.1) is 5.82 Å². The molecular weight excluding hydrogens is 277 g/mol. The van der Waals surface area contributed by atoms with Gasteiger partial charge in [-0.25, -0.2) is 4.39 Å². The topological polar surface area (TPSA) is 53.2 Å². The van der Waals surface area contributed by atoms with E-state index in [9.17, 15) is 9.18 Å². The third-order valence-electron chi connectivity index (χ3n) is 2.43. The van der Waals surface area contributed by atoms with Crippen LogP contribution in [0.4, 0.5) is 4.39 Å².